The van der Waals surface area contributed by atoms with Gasteiger partial charge in [-0.05, 0) is 47.5 Å². The zero-order valence-electron chi connectivity index (χ0n) is 25.8. The zero-order chi connectivity index (χ0) is 31.6. The lowest BCUT2D eigenvalue weighted by Gasteiger charge is -2.10. The normalized spacial score (nSPS) is 11.8. The molecule has 0 aliphatic heterocycles. The predicted octanol–water partition coefficient (Wildman–Crippen LogP) is 11.6. The van der Waals surface area contributed by atoms with Gasteiger partial charge in [-0.1, -0.05) is 127 Å². The summed E-state index contributed by atoms with van der Waals surface area (Å²) in [5, 5.41) is 5.48. The van der Waals surface area contributed by atoms with E-state index in [4.69, 9.17) is 14.4 Å². The molecule has 0 saturated heterocycles. The molecule has 10 aromatic rings. The first-order chi connectivity index (χ1) is 23.8. The maximum Gasteiger partial charge on any atom is 0.161 e. The Morgan fingerprint density at radius 1 is 0.458 bits per heavy atom. The quantitative estimate of drug-likeness (QED) is 0.198. The molecule has 3 aromatic heterocycles. The van der Waals surface area contributed by atoms with Gasteiger partial charge in [-0.25, -0.2) is 9.97 Å². The number of hydrogen-bond acceptors (Lipinski definition) is 3. The van der Waals surface area contributed by atoms with Gasteiger partial charge in [0.2, 0.25) is 0 Å². The van der Waals surface area contributed by atoms with E-state index in [0.717, 1.165) is 66.4 Å². The van der Waals surface area contributed by atoms with Crippen molar-refractivity contribution in [2.45, 2.75) is 0 Å². The maximum atomic E-state index is 6.79. The topological polar surface area (TPSA) is 43.9 Å². The lowest BCUT2D eigenvalue weighted by Crippen LogP contribution is -1.95. The lowest BCUT2D eigenvalue weighted by atomic mass is 10.0. The first-order valence-electron chi connectivity index (χ1n) is 16.2. The van der Waals surface area contributed by atoms with E-state index in [1.165, 1.54) is 21.9 Å². The van der Waals surface area contributed by atoms with Crippen molar-refractivity contribution < 1.29 is 4.42 Å². The van der Waals surface area contributed by atoms with Crippen LogP contribution in [0.25, 0.3) is 94.1 Å². The second kappa shape index (κ2) is 10.5. The van der Waals surface area contributed by atoms with Crippen molar-refractivity contribution in [1.82, 2.24) is 14.5 Å². The molecule has 0 fully saturated rings. The largest absolute Gasteiger partial charge is 0.454 e. The molecule has 0 atom stereocenters. The zero-order valence-corrected chi connectivity index (χ0v) is 25.8. The lowest BCUT2D eigenvalue weighted by molar-refractivity contribution is 0.666. The fourth-order valence-corrected chi connectivity index (χ4v) is 7.25. The average Bonchev–Trinajstić information content (AvgIpc) is 3.71. The molecule has 48 heavy (non-hydrogen) atoms. The van der Waals surface area contributed by atoms with Gasteiger partial charge in [0.1, 0.15) is 5.58 Å². The molecule has 0 unspecified atom stereocenters. The molecule has 0 bridgehead atoms. The fourth-order valence-electron chi connectivity index (χ4n) is 7.25. The molecule has 0 amide bonds. The van der Waals surface area contributed by atoms with Gasteiger partial charge in [0, 0.05) is 38.1 Å². The van der Waals surface area contributed by atoms with E-state index in [1.807, 2.05) is 30.3 Å². The van der Waals surface area contributed by atoms with Crippen LogP contribution in [0, 0.1) is 0 Å². The van der Waals surface area contributed by atoms with Gasteiger partial charge in [-0.3, -0.25) is 0 Å². The van der Waals surface area contributed by atoms with Crippen molar-refractivity contribution in [1.29, 1.82) is 0 Å². The highest BCUT2D eigenvalue weighted by molar-refractivity contribution is 6.16. The Bertz CT molecular complexity index is 2830. The van der Waals surface area contributed by atoms with Crippen LogP contribution in [0.2, 0.25) is 0 Å². The van der Waals surface area contributed by atoms with E-state index >= 15 is 0 Å². The molecule has 3 heterocycles. The molecular weight excluding hydrogens is 587 g/mol. The number of nitrogens with zero attached hydrogens (tertiary/aromatic N) is 3. The van der Waals surface area contributed by atoms with Crippen LogP contribution in [0.15, 0.2) is 168 Å². The fraction of sp³-hybridized carbons (Fsp3) is 0. The average molecular weight is 614 g/mol. The number of para-hydroxylation sites is 3. The third-order valence-electron chi connectivity index (χ3n) is 9.41. The summed E-state index contributed by atoms with van der Waals surface area (Å²) < 4.78 is 9.12. The molecule has 224 valence electrons. The Hall–Kier alpha value is -6.52. The van der Waals surface area contributed by atoms with Gasteiger partial charge in [0.15, 0.2) is 11.4 Å². The highest BCUT2D eigenvalue weighted by atomic mass is 16.3. The minimum absolute atomic E-state index is 0.677. The standard InChI is InChI=1S/C44H27N3O/c1-3-13-28(14-4-1)30-25-26-38-35(27-30)31-17-8-10-22-37(31)47(38)39-23-11-19-33-41-34(20-12-24-40(41)48-43(33)39)44-45-36-21-9-7-18-32(36)42(46-44)29-15-5-2-6-16-29/h1-27H. The summed E-state index contributed by atoms with van der Waals surface area (Å²) in [6.45, 7) is 0. The van der Waals surface area contributed by atoms with Crippen LogP contribution in [0.5, 0.6) is 0 Å². The van der Waals surface area contributed by atoms with E-state index < -0.39 is 0 Å². The van der Waals surface area contributed by atoms with Crippen LogP contribution < -0.4 is 0 Å². The molecule has 0 spiro atoms. The Balaban J connectivity index is 1.22. The van der Waals surface area contributed by atoms with Crippen LogP contribution in [-0.4, -0.2) is 14.5 Å². The second-order valence-electron chi connectivity index (χ2n) is 12.2. The van der Waals surface area contributed by atoms with Crippen LogP contribution in [0.4, 0.5) is 0 Å². The van der Waals surface area contributed by atoms with Crippen LogP contribution in [0.1, 0.15) is 0 Å². The van der Waals surface area contributed by atoms with Crippen molar-refractivity contribution in [3.63, 3.8) is 0 Å². The van der Waals surface area contributed by atoms with Crippen molar-refractivity contribution >= 4 is 54.6 Å². The molecule has 0 aliphatic carbocycles. The van der Waals surface area contributed by atoms with E-state index in [2.05, 4.69) is 138 Å². The SMILES string of the molecule is c1ccc(-c2ccc3c(c2)c2ccccc2n3-c2cccc3c2oc2cccc(-c4nc(-c5ccccc5)c5ccccc5n4)c23)cc1. The Morgan fingerprint density at radius 3 is 2.00 bits per heavy atom. The van der Waals surface area contributed by atoms with Crippen molar-refractivity contribution in [2.75, 3.05) is 0 Å². The summed E-state index contributed by atoms with van der Waals surface area (Å²) in [6.07, 6.45) is 0. The number of rotatable bonds is 4. The van der Waals surface area contributed by atoms with Crippen molar-refractivity contribution in [3.8, 4) is 39.5 Å². The molecule has 4 nitrogen and oxygen atoms in total. The van der Waals surface area contributed by atoms with E-state index in [1.54, 1.807) is 0 Å². The number of benzene rings is 7. The van der Waals surface area contributed by atoms with Crippen molar-refractivity contribution in [2.24, 2.45) is 0 Å². The number of hydrogen-bond donors (Lipinski definition) is 0. The van der Waals surface area contributed by atoms with Gasteiger partial charge < -0.3 is 8.98 Å². The molecule has 0 saturated carbocycles. The number of aromatic nitrogens is 3. The maximum absolute atomic E-state index is 6.79. The molecule has 0 aliphatic rings. The smallest absolute Gasteiger partial charge is 0.161 e. The first kappa shape index (κ1) is 26.7. The molecule has 7 aromatic carbocycles. The van der Waals surface area contributed by atoms with E-state index in [0.29, 0.717) is 5.82 Å². The van der Waals surface area contributed by atoms with E-state index in [-0.39, 0.29) is 0 Å². The van der Waals surface area contributed by atoms with Crippen LogP contribution in [0.3, 0.4) is 0 Å². The van der Waals surface area contributed by atoms with Gasteiger partial charge in [-0.15, -0.1) is 0 Å². The monoisotopic (exact) mass is 613 g/mol. The van der Waals surface area contributed by atoms with Crippen LogP contribution >= 0.6 is 0 Å². The minimum atomic E-state index is 0.677. The summed E-state index contributed by atoms with van der Waals surface area (Å²) in [6, 6.07) is 57.1. The summed E-state index contributed by atoms with van der Waals surface area (Å²) >= 11 is 0. The summed E-state index contributed by atoms with van der Waals surface area (Å²) in [5.41, 5.74) is 11.1. The molecule has 10 rings (SSSR count). The summed E-state index contributed by atoms with van der Waals surface area (Å²) in [5.74, 6) is 0.677. The highest BCUT2D eigenvalue weighted by Gasteiger charge is 2.21. The number of fused-ring (bicyclic) bond motifs is 7. The molecule has 0 N–H and O–H groups in total. The Morgan fingerprint density at radius 2 is 1.15 bits per heavy atom. The summed E-state index contributed by atoms with van der Waals surface area (Å²) in [4.78, 5) is 10.3. The Labute approximate surface area is 276 Å². The predicted molar refractivity (Wildman–Crippen MR) is 197 cm³/mol. The van der Waals surface area contributed by atoms with Gasteiger partial charge >= 0.3 is 0 Å². The minimum Gasteiger partial charge on any atom is -0.454 e. The van der Waals surface area contributed by atoms with Gasteiger partial charge in [-0.2, -0.15) is 0 Å². The van der Waals surface area contributed by atoms with Crippen molar-refractivity contribution in [3.05, 3.63) is 164 Å². The second-order valence-corrected chi connectivity index (χ2v) is 12.2. The van der Waals surface area contributed by atoms with E-state index in [9.17, 15) is 0 Å². The molecule has 4 heteroatoms. The van der Waals surface area contributed by atoms with Gasteiger partial charge in [0.05, 0.1) is 27.9 Å². The third kappa shape index (κ3) is 4.03. The summed E-state index contributed by atoms with van der Waals surface area (Å²) in [7, 11) is 0. The number of furan rings is 1. The van der Waals surface area contributed by atoms with Gasteiger partial charge in [0.25, 0.3) is 0 Å². The van der Waals surface area contributed by atoms with Crippen LogP contribution in [-0.2, 0) is 0 Å². The molecule has 0 radical (unpaired) electrons. The third-order valence-corrected chi connectivity index (χ3v) is 9.41. The highest BCUT2D eigenvalue weighted by Crippen LogP contribution is 2.42. The Kier molecular flexibility index (Phi) is 5.84. The molecular formula is C44H27N3O. The first-order valence-corrected chi connectivity index (χ1v) is 16.2.